The second-order valence-corrected chi connectivity index (χ2v) is 7.91. The lowest BCUT2D eigenvalue weighted by molar-refractivity contribution is -0.120. The van der Waals surface area contributed by atoms with Gasteiger partial charge in [-0.25, -0.2) is 0 Å². The van der Waals surface area contributed by atoms with Gasteiger partial charge >= 0.3 is 0 Å². The minimum Gasteiger partial charge on any atom is -0.346 e. The lowest BCUT2D eigenvalue weighted by Crippen LogP contribution is -2.40. The highest BCUT2D eigenvalue weighted by atomic mass is 32.1. The van der Waals surface area contributed by atoms with Crippen LogP contribution in [0.15, 0.2) is 42.7 Å². The molecule has 3 heterocycles. The summed E-state index contributed by atoms with van der Waals surface area (Å²) < 4.78 is 1.95. The van der Waals surface area contributed by atoms with Gasteiger partial charge in [-0.05, 0) is 56.0 Å². The van der Waals surface area contributed by atoms with Gasteiger partial charge in [-0.1, -0.05) is 23.5 Å². The van der Waals surface area contributed by atoms with Crippen LogP contribution in [0.1, 0.15) is 24.0 Å². The molecule has 1 unspecified atom stereocenters. The lowest BCUT2D eigenvalue weighted by Gasteiger charge is -2.31. The molecule has 1 fully saturated rings. The zero-order chi connectivity index (χ0) is 18.8. The number of nitrogens with zero attached hydrogens (tertiary/aromatic N) is 4. The van der Waals surface area contributed by atoms with E-state index in [0.29, 0.717) is 6.54 Å². The van der Waals surface area contributed by atoms with Crippen molar-refractivity contribution in [3.05, 3.63) is 53.9 Å². The normalized spacial score (nSPS) is 17.1. The van der Waals surface area contributed by atoms with Crippen LogP contribution in [0.4, 0.5) is 10.8 Å². The highest BCUT2D eigenvalue weighted by Crippen LogP contribution is 2.28. The summed E-state index contributed by atoms with van der Waals surface area (Å²) in [4.78, 5) is 15.0. The van der Waals surface area contributed by atoms with Crippen LogP contribution in [0.3, 0.4) is 0 Å². The monoisotopic (exact) mass is 381 g/mol. The number of aryl methyl sites for hydroxylation is 1. The van der Waals surface area contributed by atoms with Gasteiger partial charge < -0.3 is 10.2 Å². The molecular formula is C20H23N5OS. The number of nitrogens with one attached hydrogen (secondary N) is 1. The van der Waals surface area contributed by atoms with E-state index in [1.54, 1.807) is 11.3 Å². The maximum absolute atomic E-state index is 12.8. The molecule has 1 saturated heterocycles. The average Bonchev–Trinajstić information content (AvgIpc) is 3.37. The molecule has 6 nitrogen and oxygen atoms in total. The molecule has 1 aliphatic rings. The van der Waals surface area contributed by atoms with Gasteiger partial charge in [-0.3, -0.25) is 9.36 Å². The summed E-state index contributed by atoms with van der Waals surface area (Å²) in [6.45, 7) is 5.69. The van der Waals surface area contributed by atoms with Crippen molar-refractivity contribution in [2.45, 2.75) is 26.7 Å². The minimum absolute atomic E-state index is 0.0439. The summed E-state index contributed by atoms with van der Waals surface area (Å²) in [6, 6.07) is 9.94. The van der Waals surface area contributed by atoms with Crippen LogP contribution in [-0.2, 0) is 4.79 Å². The van der Waals surface area contributed by atoms with Crippen molar-refractivity contribution in [3.63, 3.8) is 0 Å². The van der Waals surface area contributed by atoms with Crippen LogP contribution in [0.2, 0.25) is 0 Å². The Kier molecular flexibility index (Phi) is 4.94. The predicted molar refractivity (Wildman–Crippen MR) is 109 cm³/mol. The molecule has 140 valence electrons. The number of rotatable bonds is 4. The molecule has 1 aliphatic heterocycles. The van der Waals surface area contributed by atoms with E-state index in [1.165, 1.54) is 5.56 Å². The van der Waals surface area contributed by atoms with Crippen molar-refractivity contribution in [2.24, 2.45) is 5.92 Å². The average molecular weight is 382 g/mol. The minimum atomic E-state index is -0.0439. The van der Waals surface area contributed by atoms with E-state index in [0.717, 1.165) is 40.9 Å². The molecule has 1 N–H and O–H groups in total. The summed E-state index contributed by atoms with van der Waals surface area (Å²) in [5.41, 5.74) is 3.21. The Labute approximate surface area is 162 Å². The van der Waals surface area contributed by atoms with Gasteiger partial charge in [0.05, 0.1) is 5.92 Å². The Bertz CT molecular complexity index is 934. The summed E-state index contributed by atoms with van der Waals surface area (Å²) in [5.74, 6) is 0.0427. The molecule has 3 aromatic rings. The molecule has 1 amide bonds. The molecule has 0 radical (unpaired) electrons. The van der Waals surface area contributed by atoms with Crippen molar-refractivity contribution in [2.75, 3.05) is 23.3 Å². The molecule has 1 aromatic carbocycles. The second kappa shape index (κ2) is 7.52. The molecular weight excluding hydrogens is 358 g/mol. The fraction of sp³-hybridized carbons (Fsp3) is 0.350. The third-order valence-corrected chi connectivity index (χ3v) is 6.15. The quantitative estimate of drug-likeness (QED) is 0.747. The maximum atomic E-state index is 12.8. The first-order valence-corrected chi connectivity index (χ1v) is 10.0. The number of benzene rings is 1. The van der Waals surface area contributed by atoms with Crippen molar-refractivity contribution in [3.8, 4) is 5.13 Å². The number of anilines is 2. The molecule has 0 saturated carbocycles. The number of carbonyl (C=O) groups excluding carboxylic acids is 1. The molecule has 27 heavy (non-hydrogen) atoms. The number of piperidine rings is 1. The van der Waals surface area contributed by atoms with Crippen LogP contribution in [0.5, 0.6) is 0 Å². The van der Waals surface area contributed by atoms with E-state index in [2.05, 4.69) is 33.4 Å². The van der Waals surface area contributed by atoms with E-state index in [1.807, 2.05) is 48.1 Å². The van der Waals surface area contributed by atoms with Gasteiger partial charge in [0, 0.05) is 31.2 Å². The van der Waals surface area contributed by atoms with Crippen molar-refractivity contribution in [1.29, 1.82) is 0 Å². The van der Waals surface area contributed by atoms with Crippen LogP contribution in [0, 0.1) is 19.8 Å². The van der Waals surface area contributed by atoms with E-state index in [4.69, 9.17) is 0 Å². The maximum Gasteiger partial charge on any atom is 0.229 e. The standard InChI is InChI=1S/C20H23N5OS/c1-14-7-5-9-17(15(14)2)21-18(26)16-8-6-12-25(13-16)20-23-22-19(27-20)24-10-3-4-11-24/h3-5,7,9-11,16H,6,8,12-13H2,1-2H3,(H,21,26). The highest BCUT2D eigenvalue weighted by molar-refractivity contribution is 7.17. The predicted octanol–water partition coefficient (Wildman–Crippen LogP) is 3.80. The molecule has 1 atom stereocenters. The molecule has 4 rings (SSSR count). The van der Waals surface area contributed by atoms with Gasteiger partial charge in [0.2, 0.25) is 16.2 Å². The number of hydrogen-bond donors (Lipinski definition) is 1. The second-order valence-electron chi connectivity index (χ2n) is 6.98. The van der Waals surface area contributed by atoms with E-state index in [9.17, 15) is 4.79 Å². The smallest absolute Gasteiger partial charge is 0.229 e. The molecule has 0 bridgehead atoms. The van der Waals surface area contributed by atoms with Gasteiger partial charge in [-0.15, -0.1) is 10.2 Å². The van der Waals surface area contributed by atoms with Crippen molar-refractivity contribution < 1.29 is 4.79 Å². The Balaban J connectivity index is 1.45. The lowest BCUT2D eigenvalue weighted by atomic mass is 9.97. The number of hydrogen-bond acceptors (Lipinski definition) is 5. The first-order chi connectivity index (χ1) is 13.1. The Hall–Kier alpha value is -2.67. The number of amides is 1. The zero-order valence-electron chi connectivity index (χ0n) is 15.6. The largest absolute Gasteiger partial charge is 0.346 e. The van der Waals surface area contributed by atoms with Crippen LogP contribution < -0.4 is 10.2 Å². The Morgan fingerprint density at radius 2 is 1.93 bits per heavy atom. The van der Waals surface area contributed by atoms with E-state index >= 15 is 0 Å². The molecule has 0 spiro atoms. The zero-order valence-corrected chi connectivity index (χ0v) is 16.4. The molecule has 2 aromatic heterocycles. The Morgan fingerprint density at radius 3 is 2.74 bits per heavy atom. The first-order valence-electron chi connectivity index (χ1n) is 9.20. The summed E-state index contributed by atoms with van der Waals surface area (Å²) in [7, 11) is 0. The molecule has 7 heteroatoms. The fourth-order valence-electron chi connectivity index (χ4n) is 3.39. The summed E-state index contributed by atoms with van der Waals surface area (Å²) in [5, 5.41) is 13.5. The van der Waals surface area contributed by atoms with Gasteiger partial charge in [0.1, 0.15) is 0 Å². The third-order valence-electron chi connectivity index (χ3n) is 5.15. The number of aromatic nitrogens is 3. The van der Waals surface area contributed by atoms with Crippen molar-refractivity contribution >= 4 is 28.1 Å². The highest BCUT2D eigenvalue weighted by Gasteiger charge is 2.28. The van der Waals surface area contributed by atoms with E-state index in [-0.39, 0.29) is 11.8 Å². The van der Waals surface area contributed by atoms with Gasteiger partial charge in [0.25, 0.3) is 0 Å². The fourth-order valence-corrected chi connectivity index (χ4v) is 4.24. The van der Waals surface area contributed by atoms with E-state index < -0.39 is 0 Å². The molecule has 0 aliphatic carbocycles. The van der Waals surface area contributed by atoms with Gasteiger partial charge in [0.15, 0.2) is 0 Å². The SMILES string of the molecule is Cc1cccc(NC(=O)C2CCCN(c3nnc(-n4cccc4)s3)C2)c1C. The van der Waals surface area contributed by atoms with Crippen LogP contribution in [0.25, 0.3) is 5.13 Å². The summed E-state index contributed by atoms with van der Waals surface area (Å²) in [6.07, 6.45) is 5.79. The van der Waals surface area contributed by atoms with Crippen LogP contribution in [-0.4, -0.2) is 33.8 Å². The third kappa shape index (κ3) is 3.73. The Morgan fingerprint density at radius 1 is 1.15 bits per heavy atom. The number of carbonyl (C=O) groups is 1. The van der Waals surface area contributed by atoms with Gasteiger partial charge in [-0.2, -0.15) is 0 Å². The first kappa shape index (κ1) is 17.7. The van der Waals surface area contributed by atoms with Crippen molar-refractivity contribution in [1.82, 2.24) is 14.8 Å². The summed E-state index contributed by atoms with van der Waals surface area (Å²) >= 11 is 1.55. The van der Waals surface area contributed by atoms with Crippen LogP contribution >= 0.6 is 11.3 Å². The topological polar surface area (TPSA) is 63.1 Å².